The smallest absolute Gasteiger partial charge is 0.322 e. The Kier molecular flexibility index (Phi) is 8.56. The molecule has 31 heavy (non-hydrogen) atoms. The minimum atomic E-state index is -3.63. The summed E-state index contributed by atoms with van der Waals surface area (Å²) >= 11 is 0. The lowest BCUT2D eigenvalue weighted by atomic mass is 10.1. The van der Waals surface area contributed by atoms with Crippen LogP contribution in [-0.2, 0) is 16.7 Å². The van der Waals surface area contributed by atoms with Crippen molar-refractivity contribution in [2.45, 2.75) is 39.8 Å². The first-order valence-electron chi connectivity index (χ1n) is 10.0. The zero-order valence-corrected chi connectivity index (χ0v) is 19.4. The van der Waals surface area contributed by atoms with Gasteiger partial charge < -0.3 is 23.9 Å². The Morgan fingerprint density at radius 1 is 1.03 bits per heavy atom. The number of carbonyl (C=O) groups is 1. The monoisotopic (exact) mass is 450 g/mol. The number of nitrogens with one attached hydrogen (secondary N) is 1. The van der Waals surface area contributed by atoms with E-state index >= 15 is 0 Å². The van der Waals surface area contributed by atoms with E-state index in [9.17, 15) is 13.2 Å². The van der Waals surface area contributed by atoms with Crippen LogP contribution in [0.1, 0.15) is 32.8 Å². The van der Waals surface area contributed by atoms with Gasteiger partial charge in [-0.2, -0.15) is 8.42 Å². The zero-order chi connectivity index (χ0) is 23.0. The summed E-state index contributed by atoms with van der Waals surface area (Å²) in [5.74, 6) is 1.22. The number of hydrogen-bond acceptors (Lipinski definition) is 6. The van der Waals surface area contributed by atoms with Gasteiger partial charge in [-0.05, 0) is 38.0 Å². The molecule has 2 aromatic carbocycles. The summed E-state index contributed by atoms with van der Waals surface area (Å²) in [5.41, 5.74) is 1.29. The summed E-state index contributed by atoms with van der Waals surface area (Å²) in [6.07, 6.45) is 0.745. The molecule has 0 aliphatic rings. The maximum absolute atomic E-state index is 13.1. The molecule has 0 bridgehead atoms. The molecule has 2 amide bonds. The molecule has 170 valence electrons. The second-order valence-corrected chi connectivity index (χ2v) is 8.85. The van der Waals surface area contributed by atoms with E-state index in [4.69, 9.17) is 13.7 Å². The molecule has 0 spiro atoms. The highest BCUT2D eigenvalue weighted by atomic mass is 32.2. The highest BCUT2D eigenvalue weighted by Crippen LogP contribution is 2.26. The van der Waals surface area contributed by atoms with Crippen molar-refractivity contribution in [1.82, 2.24) is 4.90 Å². The largest absolute Gasteiger partial charge is 0.497 e. The zero-order valence-electron chi connectivity index (χ0n) is 18.5. The summed E-state index contributed by atoms with van der Waals surface area (Å²) in [6, 6.07) is 11.5. The summed E-state index contributed by atoms with van der Waals surface area (Å²) in [7, 11) is -0.543. The lowest BCUT2D eigenvalue weighted by Crippen LogP contribution is -2.40. The number of rotatable bonds is 10. The first kappa shape index (κ1) is 24.3. The average molecular weight is 451 g/mol. The highest BCUT2D eigenvalue weighted by molar-refractivity contribution is 7.87. The number of urea groups is 1. The fraction of sp³-hybridized carbons (Fsp3) is 0.409. The molecule has 0 aromatic heterocycles. The number of ether oxygens (including phenoxy) is 2. The number of amides is 2. The van der Waals surface area contributed by atoms with Gasteiger partial charge in [0.05, 0.1) is 20.0 Å². The molecule has 2 rings (SSSR count). The maximum atomic E-state index is 13.1. The third-order valence-electron chi connectivity index (χ3n) is 4.81. The van der Waals surface area contributed by atoms with Crippen LogP contribution in [0.15, 0.2) is 42.5 Å². The summed E-state index contributed by atoms with van der Waals surface area (Å²) in [6.45, 7) is 5.74. The van der Waals surface area contributed by atoms with Gasteiger partial charge in [0.15, 0.2) is 0 Å². The van der Waals surface area contributed by atoms with Crippen molar-refractivity contribution < 1.29 is 26.9 Å². The van der Waals surface area contributed by atoms with Gasteiger partial charge in [-0.3, -0.25) is 0 Å². The van der Waals surface area contributed by atoms with Gasteiger partial charge in [0.2, 0.25) is 0 Å². The van der Waals surface area contributed by atoms with E-state index in [0.717, 1.165) is 12.0 Å². The molecule has 0 fully saturated rings. The number of methoxy groups -OCH3 is 2. The normalized spacial score (nSPS) is 12.0. The lowest BCUT2D eigenvalue weighted by Gasteiger charge is -2.29. The average Bonchev–Trinajstić information content (AvgIpc) is 2.76. The van der Waals surface area contributed by atoms with Crippen molar-refractivity contribution >= 4 is 21.8 Å². The summed E-state index contributed by atoms with van der Waals surface area (Å²) in [5, 5.41) is 2.89. The van der Waals surface area contributed by atoms with Crippen molar-refractivity contribution in [3.63, 3.8) is 0 Å². The van der Waals surface area contributed by atoms with Gasteiger partial charge >= 0.3 is 16.1 Å². The Hall–Kier alpha value is -2.94. The third kappa shape index (κ3) is 7.06. The van der Waals surface area contributed by atoms with E-state index < -0.39 is 10.1 Å². The first-order chi connectivity index (χ1) is 14.7. The third-order valence-corrected chi connectivity index (χ3v) is 5.97. The predicted octanol–water partition coefficient (Wildman–Crippen LogP) is 4.26. The molecular formula is C22H30N2O6S. The van der Waals surface area contributed by atoms with Crippen molar-refractivity contribution in [3.8, 4) is 17.2 Å². The molecule has 8 nitrogen and oxygen atoms in total. The van der Waals surface area contributed by atoms with Crippen LogP contribution in [0.4, 0.5) is 10.5 Å². The maximum Gasteiger partial charge on any atom is 0.322 e. The SMILES string of the molecule is CC[C@H](C)N(Cc1cccc(OS(=O)(=O)CC)c1)C(=O)Nc1cc(OC)cc(OC)c1. The lowest BCUT2D eigenvalue weighted by molar-refractivity contribution is 0.187. The van der Waals surface area contributed by atoms with E-state index in [-0.39, 0.29) is 30.1 Å². The van der Waals surface area contributed by atoms with Gasteiger partial charge in [0.1, 0.15) is 17.2 Å². The van der Waals surface area contributed by atoms with Crippen LogP contribution in [0, 0.1) is 0 Å². The molecule has 0 heterocycles. The molecule has 0 saturated carbocycles. The van der Waals surface area contributed by atoms with Crippen molar-refractivity contribution in [2.75, 3.05) is 25.3 Å². The fourth-order valence-corrected chi connectivity index (χ4v) is 3.34. The topological polar surface area (TPSA) is 94.2 Å². The van der Waals surface area contributed by atoms with Crippen molar-refractivity contribution in [3.05, 3.63) is 48.0 Å². The van der Waals surface area contributed by atoms with E-state index in [0.29, 0.717) is 17.2 Å². The van der Waals surface area contributed by atoms with Gasteiger partial charge in [-0.25, -0.2) is 4.79 Å². The van der Waals surface area contributed by atoms with E-state index in [1.165, 1.54) is 6.92 Å². The second kappa shape index (κ2) is 10.9. The van der Waals surface area contributed by atoms with Crippen molar-refractivity contribution in [2.24, 2.45) is 0 Å². The van der Waals surface area contributed by atoms with E-state index in [1.54, 1.807) is 55.5 Å². The van der Waals surface area contributed by atoms with Gasteiger partial charge in [0.25, 0.3) is 0 Å². The number of benzene rings is 2. The first-order valence-corrected chi connectivity index (χ1v) is 11.6. The Morgan fingerprint density at radius 2 is 1.68 bits per heavy atom. The Labute approximate surface area is 184 Å². The van der Waals surface area contributed by atoms with Gasteiger partial charge in [-0.1, -0.05) is 19.1 Å². The molecule has 0 aliphatic heterocycles. The minimum Gasteiger partial charge on any atom is -0.497 e. The molecule has 1 N–H and O–H groups in total. The van der Waals surface area contributed by atoms with Crippen molar-refractivity contribution in [1.29, 1.82) is 0 Å². The Bertz CT molecular complexity index is 971. The van der Waals surface area contributed by atoms with Crippen LogP contribution < -0.4 is 19.0 Å². The summed E-state index contributed by atoms with van der Waals surface area (Å²) < 4.78 is 39.1. The van der Waals surface area contributed by atoms with Crippen LogP contribution in [0.2, 0.25) is 0 Å². The standard InChI is InChI=1S/C22H30N2O6S/c1-6-16(3)24(15-17-9-8-10-19(11-17)30-31(26,27)7-2)22(25)23-18-12-20(28-4)14-21(13-18)29-5/h8-14,16H,6-7,15H2,1-5H3,(H,23,25)/t16-/m0/s1. The molecular weight excluding hydrogens is 420 g/mol. The summed E-state index contributed by atoms with van der Waals surface area (Å²) in [4.78, 5) is 14.8. The number of anilines is 1. The van der Waals surface area contributed by atoms with Gasteiger partial charge in [-0.15, -0.1) is 0 Å². The highest BCUT2D eigenvalue weighted by Gasteiger charge is 2.20. The predicted molar refractivity (Wildman–Crippen MR) is 120 cm³/mol. The second-order valence-electron chi connectivity index (χ2n) is 6.99. The molecule has 1 atom stereocenters. The Balaban J connectivity index is 2.24. The number of nitrogens with zero attached hydrogens (tertiary/aromatic N) is 1. The molecule has 0 aliphatic carbocycles. The molecule has 9 heteroatoms. The van der Waals surface area contributed by atoms with Crippen LogP contribution in [0.25, 0.3) is 0 Å². The minimum absolute atomic E-state index is 0.0588. The molecule has 2 aromatic rings. The number of hydrogen-bond donors (Lipinski definition) is 1. The Morgan fingerprint density at radius 3 is 2.23 bits per heavy atom. The van der Waals surface area contributed by atoms with Gasteiger partial charge in [0, 0.05) is 36.5 Å². The van der Waals surface area contributed by atoms with Crippen LogP contribution >= 0.6 is 0 Å². The van der Waals surface area contributed by atoms with Crippen LogP contribution in [0.5, 0.6) is 17.2 Å². The van der Waals surface area contributed by atoms with Crippen LogP contribution in [-0.4, -0.2) is 45.4 Å². The molecule has 0 radical (unpaired) electrons. The fourth-order valence-electron chi connectivity index (χ4n) is 2.82. The van der Waals surface area contributed by atoms with E-state index in [2.05, 4.69) is 5.32 Å². The quantitative estimate of drug-likeness (QED) is 0.544. The van der Waals surface area contributed by atoms with Crippen LogP contribution in [0.3, 0.4) is 0 Å². The van der Waals surface area contributed by atoms with E-state index in [1.807, 2.05) is 19.9 Å². The molecule has 0 unspecified atom stereocenters. The number of carbonyl (C=O) groups excluding carboxylic acids is 1. The molecule has 0 saturated heterocycles.